The third-order valence-corrected chi connectivity index (χ3v) is 4.70. The van der Waals surface area contributed by atoms with Gasteiger partial charge in [-0.25, -0.2) is 0 Å². The van der Waals surface area contributed by atoms with Gasteiger partial charge in [-0.3, -0.25) is 9.59 Å². The van der Waals surface area contributed by atoms with E-state index >= 15 is 0 Å². The second kappa shape index (κ2) is 9.62. The fraction of sp³-hybridized carbons (Fsp3) is 0.200. The van der Waals surface area contributed by atoms with Gasteiger partial charge in [0.25, 0.3) is 11.8 Å². The van der Waals surface area contributed by atoms with Crippen LogP contribution < -0.4 is 15.4 Å². The van der Waals surface area contributed by atoms with E-state index in [-0.39, 0.29) is 29.6 Å². The Labute approximate surface area is 196 Å². The lowest BCUT2D eigenvalue weighted by atomic mass is 9.97. The zero-order valence-electron chi connectivity index (χ0n) is 19.0. The number of amides is 2. The van der Waals surface area contributed by atoms with Crippen molar-refractivity contribution in [1.82, 2.24) is 10.1 Å². The first-order valence-electron chi connectivity index (χ1n) is 10.6. The molecule has 2 N–H and O–H groups in total. The van der Waals surface area contributed by atoms with Crippen molar-refractivity contribution in [3.8, 4) is 17.1 Å². The predicted octanol–water partition coefficient (Wildman–Crippen LogP) is 4.90. The second-order valence-corrected chi connectivity index (χ2v) is 8.55. The van der Waals surface area contributed by atoms with Crippen molar-refractivity contribution in [2.75, 3.05) is 17.2 Å². The van der Waals surface area contributed by atoms with Gasteiger partial charge in [0.15, 0.2) is 12.4 Å². The summed E-state index contributed by atoms with van der Waals surface area (Å²) in [7, 11) is 0. The molecule has 2 aromatic heterocycles. The van der Waals surface area contributed by atoms with Crippen molar-refractivity contribution in [2.24, 2.45) is 0 Å². The summed E-state index contributed by atoms with van der Waals surface area (Å²) >= 11 is 0. The van der Waals surface area contributed by atoms with Crippen LogP contribution >= 0.6 is 0 Å². The molecule has 4 aromatic rings. The molecule has 2 aromatic carbocycles. The van der Waals surface area contributed by atoms with Crippen LogP contribution in [0.4, 0.5) is 11.4 Å². The quantitative estimate of drug-likeness (QED) is 0.403. The Morgan fingerprint density at radius 2 is 1.76 bits per heavy atom. The third-order valence-electron chi connectivity index (χ3n) is 4.70. The molecule has 2 heterocycles. The summed E-state index contributed by atoms with van der Waals surface area (Å²) in [6.45, 7) is 5.80. The minimum Gasteiger partial charge on any atom is -0.484 e. The molecule has 0 saturated carbocycles. The standard InChI is InChI=1S/C25H24N4O5/c1-25(2,3)24-28-22(29-34-24)16-9-11-17(12-10-16)26-21(30)15-33-19-7-4-6-18(14-19)27-23(31)20-8-5-13-32-20/h4-14H,15H2,1-3H3,(H,26,30)(H,27,31). The summed E-state index contributed by atoms with van der Waals surface area (Å²) in [4.78, 5) is 28.8. The zero-order chi connectivity index (χ0) is 24.1. The molecule has 0 aliphatic heterocycles. The van der Waals surface area contributed by atoms with Gasteiger partial charge in [0.2, 0.25) is 11.7 Å². The van der Waals surface area contributed by atoms with E-state index in [4.69, 9.17) is 13.7 Å². The van der Waals surface area contributed by atoms with Crippen LogP contribution in [0.25, 0.3) is 11.4 Å². The van der Waals surface area contributed by atoms with Gasteiger partial charge in [0.05, 0.1) is 6.26 Å². The molecule has 0 bridgehead atoms. The summed E-state index contributed by atoms with van der Waals surface area (Å²) in [5, 5.41) is 9.51. The van der Waals surface area contributed by atoms with Gasteiger partial charge in [0.1, 0.15) is 5.75 Å². The van der Waals surface area contributed by atoms with E-state index in [0.29, 0.717) is 28.8 Å². The van der Waals surface area contributed by atoms with Crippen LogP contribution in [0.3, 0.4) is 0 Å². The van der Waals surface area contributed by atoms with E-state index < -0.39 is 0 Å². The molecule has 9 nitrogen and oxygen atoms in total. The van der Waals surface area contributed by atoms with E-state index in [1.807, 2.05) is 20.8 Å². The fourth-order valence-corrected chi connectivity index (χ4v) is 2.96. The van der Waals surface area contributed by atoms with Crippen LogP contribution in [0.5, 0.6) is 5.75 Å². The van der Waals surface area contributed by atoms with Crippen molar-refractivity contribution in [3.05, 3.63) is 78.6 Å². The molecule has 0 saturated heterocycles. The van der Waals surface area contributed by atoms with Crippen molar-refractivity contribution in [3.63, 3.8) is 0 Å². The molecule has 0 unspecified atom stereocenters. The lowest BCUT2D eigenvalue weighted by Gasteiger charge is -2.10. The molecule has 174 valence electrons. The third kappa shape index (κ3) is 5.69. The normalized spacial score (nSPS) is 11.1. The Morgan fingerprint density at radius 3 is 2.44 bits per heavy atom. The first-order valence-corrected chi connectivity index (χ1v) is 10.6. The number of hydrogen-bond donors (Lipinski definition) is 2. The highest BCUT2D eigenvalue weighted by molar-refractivity contribution is 6.02. The van der Waals surface area contributed by atoms with Crippen molar-refractivity contribution in [2.45, 2.75) is 26.2 Å². The molecule has 0 aliphatic carbocycles. The Kier molecular flexibility index (Phi) is 6.44. The fourth-order valence-electron chi connectivity index (χ4n) is 2.96. The number of carbonyl (C=O) groups is 2. The van der Waals surface area contributed by atoms with Gasteiger partial charge in [-0.2, -0.15) is 4.98 Å². The summed E-state index contributed by atoms with van der Waals surface area (Å²) in [5.74, 6) is 0.984. The van der Waals surface area contributed by atoms with E-state index in [9.17, 15) is 9.59 Å². The van der Waals surface area contributed by atoms with Gasteiger partial charge in [-0.1, -0.05) is 32.0 Å². The minimum atomic E-state index is -0.376. The van der Waals surface area contributed by atoms with Crippen molar-refractivity contribution in [1.29, 1.82) is 0 Å². The summed E-state index contributed by atoms with van der Waals surface area (Å²) in [6.07, 6.45) is 1.43. The Hall–Kier alpha value is -4.40. The highest BCUT2D eigenvalue weighted by atomic mass is 16.5. The minimum absolute atomic E-state index is 0.197. The Balaban J connectivity index is 1.30. The maximum Gasteiger partial charge on any atom is 0.291 e. The average molecular weight is 460 g/mol. The topological polar surface area (TPSA) is 119 Å². The number of furan rings is 1. The number of rotatable bonds is 7. The zero-order valence-corrected chi connectivity index (χ0v) is 19.0. The van der Waals surface area contributed by atoms with Gasteiger partial charge in [0, 0.05) is 28.4 Å². The molecule has 4 rings (SSSR count). The van der Waals surface area contributed by atoms with Crippen LogP contribution in [0.15, 0.2) is 75.9 Å². The monoisotopic (exact) mass is 460 g/mol. The second-order valence-electron chi connectivity index (χ2n) is 8.55. The van der Waals surface area contributed by atoms with Crippen LogP contribution in [-0.2, 0) is 10.2 Å². The van der Waals surface area contributed by atoms with E-state index in [0.717, 1.165) is 5.56 Å². The molecule has 0 radical (unpaired) electrons. The maximum atomic E-state index is 12.3. The van der Waals surface area contributed by atoms with Crippen LogP contribution in [0.1, 0.15) is 37.2 Å². The number of nitrogens with zero attached hydrogens (tertiary/aromatic N) is 2. The number of anilines is 2. The van der Waals surface area contributed by atoms with Crippen LogP contribution in [-0.4, -0.2) is 28.6 Å². The van der Waals surface area contributed by atoms with E-state index in [1.165, 1.54) is 6.26 Å². The largest absolute Gasteiger partial charge is 0.484 e. The molecular formula is C25H24N4O5. The summed E-state index contributed by atoms with van der Waals surface area (Å²) in [5.41, 5.74) is 1.67. The molecule has 34 heavy (non-hydrogen) atoms. The number of benzene rings is 2. The van der Waals surface area contributed by atoms with E-state index in [1.54, 1.807) is 60.7 Å². The van der Waals surface area contributed by atoms with Gasteiger partial charge < -0.3 is 24.3 Å². The molecule has 0 aliphatic rings. The first kappa shape index (κ1) is 22.8. The SMILES string of the molecule is CC(C)(C)c1nc(-c2ccc(NC(=O)COc3cccc(NC(=O)c4ccco4)c3)cc2)no1. The number of nitrogens with one attached hydrogen (secondary N) is 2. The average Bonchev–Trinajstić information content (AvgIpc) is 3.51. The van der Waals surface area contributed by atoms with Gasteiger partial charge in [-0.15, -0.1) is 0 Å². The van der Waals surface area contributed by atoms with Gasteiger partial charge >= 0.3 is 0 Å². The number of carbonyl (C=O) groups excluding carboxylic acids is 2. The maximum absolute atomic E-state index is 12.3. The number of hydrogen-bond acceptors (Lipinski definition) is 7. The van der Waals surface area contributed by atoms with Crippen molar-refractivity contribution >= 4 is 23.2 Å². The Bertz CT molecular complexity index is 1270. The molecule has 0 spiro atoms. The number of aromatic nitrogens is 2. The van der Waals surface area contributed by atoms with Gasteiger partial charge in [-0.05, 0) is 48.5 Å². The van der Waals surface area contributed by atoms with E-state index in [2.05, 4.69) is 20.8 Å². The highest BCUT2D eigenvalue weighted by Crippen LogP contribution is 2.24. The summed E-state index contributed by atoms with van der Waals surface area (Å²) < 4.78 is 16.0. The predicted molar refractivity (Wildman–Crippen MR) is 126 cm³/mol. The van der Waals surface area contributed by atoms with Crippen LogP contribution in [0, 0.1) is 0 Å². The first-order chi connectivity index (χ1) is 16.3. The summed E-state index contributed by atoms with van der Waals surface area (Å²) in [6, 6.07) is 17.1. The highest BCUT2D eigenvalue weighted by Gasteiger charge is 2.22. The smallest absolute Gasteiger partial charge is 0.291 e. The molecule has 9 heteroatoms. The Morgan fingerprint density at radius 1 is 0.971 bits per heavy atom. The molecular weight excluding hydrogens is 436 g/mol. The van der Waals surface area contributed by atoms with Crippen molar-refractivity contribution < 1.29 is 23.3 Å². The molecule has 2 amide bonds. The lowest BCUT2D eigenvalue weighted by Crippen LogP contribution is -2.20. The molecule has 0 atom stereocenters. The van der Waals surface area contributed by atoms with Crippen LogP contribution in [0.2, 0.25) is 0 Å². The number of ether oxygens (including phenoxy) is 1. The lowest BCUT2D eigenvalue weighted by molar-refractivity contribution is -0.118. The molecule has 0 fully saturated rings.